The van der Waals surface area contributed by atoms with Crippen LogP contribution in [-0.2, 0) is 13.0 Å². The summed E-state index contributed by atoms with van der Waals surface area (Å²) >= 11 is 0. The first-order valence-corrected chi connectivity index (χ1v) is 7.15. The third-order valence-electron chi connectivity index (χ3n) is 4.04. The number of hydrogen-bond acceptors (Lipinski definition) is 2. The van der Waals surface area contributed by atoms with Crippen LogP contribution in [0.5, 0.6) is 5.75 Å². The summed E-state index contributed by atoms with van der Waals surface area (Å²) in [4.78, 5) is 4.85. The van der Waals surface area contributed by atoms with Crippen LogP contribution in [0.1, 0.15) is 5.56 Å². The third kappa shape index (κ3) is 1.93. The molecule has 4 rings (SSSR count). The second-order valence-corrected chi connectivity index (χ2v) is 5.25. The fourth-order valence-electron chi connectivity index (χ4n) is 2.98. The summed E-state index contributed by atoms with van der Waals surface area (Å²) in [5.41, 5.74) is 4.63. The number of ether oxygens (including phenoxy) is 1. The number of nitrogens with zero attached hydrogens (tertiary/aromatic N) is 2. The van der Waals surface area contributed by atoms with E-state index >= 15 is 0 Å². The summed E-state index contributed by atoms with van der Waals surface area (Å²) < 4.78 is 7.69. The van der Waals surface area contributed by atoms with Gasteiger partial charge < -0.3 is 9.30 Å². The molecule has 3 aromatic rings. The molecule has 0 saturated heterocycles. The molecule has 0 saturated carbocycles. The number of aryl methyl sites for hydroxylation is 2. The van der Waals surface area contributed by atoms with Crippen molar-refractivity contribution in [2.24, 2.45) is 0 Å². The minimum atomic E-state index is 0.862. The number of methoxy groups -OCH3 is 1. The van der Waals surface area contributed by atoms with E-state index in [9.17, 15) is 0 Å². The molecule has 0 bridgehead atoms. The van der Waals surface area contributed by atoms with E-state index in [4.69, 9.17) is 9.72 Å². The predicted octanol–water partition coefficient (Wildman–Crippen LogP) is 3.78. The van der Waals surface area contributed by atoms with Gasteiger partial charge in [0.05, 0.1) is 12.8 Å². The van der Waals surface area contributed by atoms with Crippen LogP contribution in [0.4, 0.5) is 0 Å². The highest BCUT2D eigenvalue weighted by molar-refractivity contribution is 5.71. The zero-order valence-corrected chi connectivity index (χ0v) is 11.9. The molecule has 1 aliphatic heterocycles. The molecule has 0 radical (unpaired) electrons. The molecule has 21 heavy (non-hydrogen) atoms. The maximum atomic E-state index is 5.45. The first-order chi connectivity index (χ1) is 10.4. The van der Waals surface area contributed by atoms with E-state index < -0.39 is 0 Å². The molecule has 2 heterocycles. The lowest BCUT2D eigenvalue weighted by atomic mass is 10.0. The van der Waals surface area contributed by atoms with Crippen molar-refractivity contribution in [3.05, 3.63) is 60.3 Å². The standard InChI is InChI=1S/C18H16N2O/c1-21-17-9-5-4-8-15(17)16-12-20-11-10-13-6-2-3-7-14(13)18(20)19-16/h2-9,12H,10-11H2,1H3. The Morgan fingerprint density at radius 2 is 1.76 bits per heavy atom. The van der Waals surface area contributed by atoms with Gasteiger partial charge in [-0.05, 0) is 24.1 Å². The molecule has 3 nitrogen and oxygen atoms in total. The van der Waals surface area contributed by atoms with Crippen molar-refractivity contribution < 1.29 is 4.74 Å². The molecule has 1 aromatic heterocycles. The van der Waals surface area contributed by atoms with E-state index in [2.05, 4.69) is 41.1 Å². The van der Waals surface area contributed by atoms with Crippen molar-refractivity contribution in [1.29, 1.82) is 0 Å². The minimum absolute atomic E-state index is 0.862. The van der Waals surface area contributed by atoms with Crippen LogP contribution in [-0.4, -0.2) is 16.7 Å². The second-order valence-electron chi connectivity index (χ2n) is 5.25. The monoisotopic (exact) mass is 276 g/mol. The SMILES string of the molecule is COc1ccccc1-c1cn2c(n1)-c1ccccc1CC2. The predicted molar refractivity (Wildman–Crippen MR) is 83.4 cm³/mol. The van der Waals surface area contributed by atoms with E-state index in [1.54, 1.807) is 7.11 Å². The zero-order chi connectivity index (χ0) is 14.2. The van der Waals surface area contributed by atoms with Crippen LogP contribution in [0.15, 0.2) is 54.7 Å². The van der Waals surface area contributed by atoms with Crippen LogP contribution in [0.25, 0.3) is 22.6 Å². The summed E-state index contributed by atoms with van der Waals surface area (Å²) in [7, 11) is 1.70. The number of aromatic nitrogens is 2. The topological polar surface area (TPSA) is 27.1 Å². The van der Waals surface area contributed by atoms with Gasteiger partial charge in [0.25, 0.3) is 0 Å². The number of para-hydroxylation sites is 1. The molecule has 104 valence electrons. The summed E-state index contributed by atoms with van der Waals surface area (Å²) in [6, 6.07) is 16.5. The lowest BCUT2D eigenvalue weighted by Crippen LogP contribution is -2.09. The number of benzene rings is 2. The molecule has 0 amide bonds. The number of hydrogen-bond donors (Lipinski definition) is 0. The number of rotatable bonds is 2. The van der Waals surface area contributed by atoms with Crippen molar-refractivity contribution in [2.75, 3.05) is 7.11 Å². The van der Waals surface area contributed by atoms with E-state index in [0.29, 0.717) is 0 Å². The summed E-state index contributed by atoms with van der Waals surface area (Å²) in [6.45, 7) is 0.981. The molecule has 0 fully saturated rings. The first-order valence-electron chi connectivity index (χ1n) is 7.15. The molecule has 0 spiro atoms. The molecule has 0 N–H and O–H groups in total. The molecular formula is C18H16N2O. The van der Waals surface area contributed by atoms with Gasteiger partial charge in [0.15, 0.2) is 0 Å². The first kappa shape index (κ1) is 12.2. The average molecular weight is 276 g/mol. The van der Waals surface area contributed by atoms with E-state index in [1.165, 1.54) is 11.1 Å². The highest BCUT2D eigenvalue weighted by Crippen LogP contribution is 2.34. The quantitative estimate of drug-likeness (QED) is 0.712. The third-order valence-corrected chi connectivity index (χ3v) is 4.04. The van der Waals surface area contributed by atoms with Gasteiger partial charge in [-0.1, -0.05) is 36.4 Å². The van der Waals surface area contributed by atoms with Crippen molar-refractivity contribution >= 4 is 0 Å². The number of imidazole rings is 1. The Morgan fingerprint density at radius 1 is 1.00 bits per heavy atom. The minimum Gasteiger partial charge on any atom is -0.496 e. The van der Waals surface area contributed by atoms with Gasteiger partial charge in [-0.15, -0.1) is 0 Å². The Morgan fingerprint density at radius 3 is 2.62 bits per heavy atom. The van der Waals surface area contributed by atoms with Gasteiger partial charge in [0, 0.05) is 23.9 Å². The van der Waals surface area contributed by atoms with E-state index in [0.717, 1.165) is 35.8 Å². The molecule has 0 unspecified atom stereocenters. The zero-order valence-electron chi connectivity index (χ0n) is 11.9. The Hall–Kier alpha value is -2.55. The van der Waals surface area contributed by atoms with Crippen LogP contribution in [0, 0.1) is 0 Å². The molecule has 0 atom stereocenters. The Balaban J connectivity index is 1.87. The van der Waals surface area contributed by atoms with Gasteiger partial charge in [0.2, 0.25) is 0 Å². The van der Waals surface area contributed by atoms with Crippen molar-refractivity contribution in [3.8, 4) is 28.4 Å². The molecule has 3 heteroatoms. The van der Waals surface area contributed by atoms with Crippen molar-refractivity contribution in [2.45, 2.75) is 13.0 Å². The Kier molecular flexibility index (Phi) is 2.78. The van der Waals surface area contributed by atoms with Gasteiger partial charge in [-0.2, -0.15) is 0 Å². The molecule has 1 aliphatic rings. The summed E-state index contributed by atoms with van der Waals surface area (Å²) in [6.07, 6.45) is 3.19. The fourth-order valence-corrected chi connectivity index (χ4v) is 2.98. The maximum absolute atomic E-state index is 5.45. The molecule has 0 aliphatic carbocycles. The maximum Gasteiger partial charge on any atom is 0.140 e. The van der Waals surface area contributed by atoms with Crippen LogP contribution in [0.2, 0.25) is 0 Å². The average Bonchev–Trinajstić information content (AvgIpc) is 2.99. The van der Waals surface area contributed by atoms with Crippen LogP contribution in [0.3, 0.4) is 0 Å². The summed E-state index contributed by atoms with van der Waals surface area (Å²) in [5.74, 6) is 1.92. The van der Waals surface area contributed by atoms with Gasteiger partial charge in [0.1, 0.15) is 11.6 Å². The van der Waals surface area contributed by atoms with Crippen molar-refractivity contribution in [1.82, 2.24) is 9.55 Å². The highest BCUT2D eigenvalue weighted by atomic mass is 16.5. The van der Waals surface area contributed by atoms with E-state index in [1.807, 2.05) is 18.2 Å². The molecular weight excluding hydrogens is 260 g/mol. The Bertz CT molecular complexity index is 804. The van der Waals surface area contributed by atoms with Crippen LogP contribution < -0.4 is 4.74 Å². The smallest absolute Gasteiger partial charge is 0.140 e. The summed E-state index contributed by atoms with van der Waals surface area (Å²) in [5, 5.41) is 0. The molecule has 2 aromatic carbocycles. The van der Waals surface area contributed by atoms with Crippen molar-refractivity contribution in [3.63, 3.8) is 0 Å². The highest BCUT2D eigenvalue weighted by Gasteiger charge is 2.19. The second kappa shape index (κ2) is 4.77. The number of fused-ring (bicyclic) bond motifs is 3. The van der Waals surface area contributed by atoms with Crippen LogP contribution >= 0.6 is 0 Å². The van der Waals surface area contributed by atoms with Gasteiger partial charge in [-0.25, -0.2) is 4.98 Å². The normalized spacial score (nSPS) is 12.6. The van der Waals surface area contributed by atoms with Gasteiger partial charge >= 0.3 is 0 Å². The fraction of sp³-hybridized carbons (Fsp3) is 0.167. The van der Waals surface area contributed by atoms with Gasteiger partial charge in [-0.3, -0.25) is 0 Å². The largest absolute Gasteiger partial charge is 0.496 e. The van der Waals surface area contributed by atoms with E-state index in [-0.39, 0.29) is 0 Å². The lowest BCUT2D eigenvalue weighted by Gasteiger charge is -2.17. The Labute approximate surface area is 123 Å². The lowest BCUT2D eigenvalue weighted by molar-refractivity contribution is 0.416.